The zero-order valence-electron chi connectivity index (χ0n) is 8.83. The van der Waals surface area contributed by atoms with Crippen molar-refractivity contribution in [3.8, 4) is 0 Å². The molecule has 88 valence electrons. The van der Waals surface area contributed by atoms with E-state index in [0.29, 0.717) is 4.58 Å². The summed E-state index contributed by atoms with van der Waals surface area (Å²) in [5.41, 5.74) is 1.55. The molecule has 0 unspecified atom stereocenters. The van der Waals surface area contributed by atoms with Crippen LogP contribution in [0.3, 0.4) is 0 Å². The third kappa shape index (κ3) is 2.91. The van der Waals surface area contributed by atoms with Crippen LogP contribution in [0.5, 0.6) is 0 Å². The summed E-state index contributed by atoms with van der Waals surface area (Å²) in [7, 11) is 0. The maximum atomic E-state index is 2.34. The van der Waals surface area contributed by atoms with E-state index in [1.54, 1.807) is 5.56 Å². The molecule has 0 aromatic carbocycles. The summed E-state index contributed by atoms with van der Waals surface area (Å²) in [6, 6.07) is 2.31. The van der Waals surface area contributed by atoms with Gasteiger partial charge in [-0.1, -0.05) is 0 Å². The molecule has 0 bridgehead atoms. The van der Waals surface area contributed by atoms with Crippen LogP contribution in [0, 0.1) is 0 Å². The van der Waals surface area contributed by atoms with Gasteiger partial charge >= 0.3 is 0 Å². The second kappa shape index (κ2) is 5.83. The van der Waals surface area contributed by atoms with Crippen LogP contribution in [-0.2, 0) is 0 Å². The first-order valence-electron chi connectivity index (χ1n) is 5.40. The lowest BCUT2D eigenvalue weighted by Gasteiger charge is -2.32. The lowest BCUT2D eigenvalue weighted by Crippen LogP contribution is -2.24. The van der Waals surface area contributed by atoms with Crippen molar-refractivity contribution in [2.45, 2.75) is 15.1 Å². The van der Waals surface area contributed by atoms with Gasteiger partial charge in [0.25, 0.3) is 0 Å². The van der Waals surface area contributed by atoms with Gasteiger partial charge in [-0.15, -0.1) is 23.5 Å². The normalized spacial score (nSPS) is 22.1. The van der Waals surface area contributed by atoms with Crippen LogP contribution in [0.25, 0.3) is 0 Å². The highest BCUT2D eigenvalue weighted by molar-refractivity contribution is 8.19. The summed E-state index contributed by atoms with van der Waals surface area (Å²) in [5.74, 6) is 5.47. The van der Waals surface area contributed by atoms with Gasteiger partial charge in [0.15, 0.2) is 0 Å². The summed E-state index contributed by atoms with van der Waals surface area (Å²) in [6.45, 7) is 0. The Morgan fingerprint density at radius 2 is 1.69 bits per heavy atom. The Labute approximate surface area is 118 Å². The molecule has 2 saturated heterocycles. The smallest absolute Gasteiger partial charge is 0.0766 e. The average Bonchev–Trinajstić information content (AvgIpc) is 2.65. The van der Waals surface area contributed by atoms with E-state index in [1.807, 2.05) is 11.3 Å². The Morgan fingerprint density at radius 3 is 2.06 bits per heavy atom. The second-order valence-corrected chi connectivity index (χ2v) is 10.0. The van der Waals surface area contributed by atoms with Gasteiger partial charge in [-0.3, -0.25) is 0 Å². The molecule has 0 nitrogen and oxygen atoms in total. The van der Waals surface area contributed by atoms with Crippen LogP contribution in [0.15, 0.2) is 16.8 Å². The van der Waals surface area contributed by atoms with Gasteiger partial charge in [-0.05, 0) is 22.4 Å². The number of hydrogen-bond acceptors (Lipinski definition) is 5. The molecule has 2 aliphatic heterocycles. The Morgan fingerprint density at radius 1 is 1.06 bits per heavy atom. The topological polar surface area (TPSA) is 0 Å². The molecule has 0 aliphatic carbocycles. The van der Waals surface area contributed by atoms with Crippen molar-refractivity contribution >= 4 is 58.4 Å². The van der Waals surface area contributed by atoms with Gasteiger partial charge in [0.2, 0.25) is 0 Å². The van der Waals surface area contributed by atoms with Crippen LogP contribution in [0.1, 0.15) is 10.1 Å². The summed E-state index contributed by atoms with van der Waals surface area (Å²) < 4.78 is 0.697. The van der Waals surface area contributed by atoms with Crippen molar-refractivity contribution in [3.63, 3.8) is 0 Å². The summed E-state index contributed by atoms with van der Waals surface area (Å²) in [4.78, 5) is 0. The predicted molar refractivity (Wildman–Crippen MR) is 84.5 cm³/mol. The highest BCUT2D eigenvalue weighted by Crippen LogP contribution is 2.50. The summed E-state index contributed by atoms with van der Waals surface area (Å²) in [5, 5.41) is 6.38. The maximum Gasteiger partial charge on any atom is 0.0766 e. The highest BCUT2D eigenvalue weighted by atomic mass is 32.2. The van der Waals surface area contributed by atoms with Gasteiger partial charge in [-0.2, -0.15) is 34.9 Å². The highest BCUT2D eigenvalue weighted by Gasteiger charge is 2.29. The van der Waals surface area contributed by atoms with Gasteiger partial charge in [0, 0.05) is 33.5 Å². The molecule has 0 radical (unpaired) electrons. The zero-order valence-corrected chi connectivity index (χ0v) is 12.9. The van der Waals surface area contributed by atoms with E-state index >= 15 is 0 Å². The minimum absolute atomic E-state index is 0.697. The summed E-state index contributed by atoms with van der Waals surface area (Å²) in [6.07, 6.45) is 0. The molecule has 2 aliphatic rings. The Kier molecular flexibility index (Phi) is 4.42. The standard InChI is InChI=1S/C11H14S5/c1-2-12-3-8(1)11(15-9-4-13-5-9)16-10-6-14-7-10/h1-3,9-11H,4-7H2. The van der Waals surface area contributed by atoms with E-state index in [0.717, 1.165) is 10.5 Å². The van der Waals surface area contributed by atoms with Gasteiger partial charge in [0.05, 0.1) is 4.58 Å². The molecule has 2 fully saturated rings. The van der Waals surface area contributed by atoms with Crippen LogP contribution in [0.2, 0.25) is 0 Å². The molecule has 0 amide bonds. The van der Waals surface area contributed by atoms with E-state index in [9.17, 15) is 0 Å². The molecular formula is C11H14S5. The molecule has 1 aromatic rings. The van der Waals surface area contributed by atoms with Crippen molar-refractivity contribution in [1.82, 2.24) is 0 Å². The maximum absolute atomic E-state index is 2.34. The molecule has 3 heterocycles. The number of hydrogen-bond donors (Lipinski definition) is 0. The van der Waals surface area contributed by atoms with Gasteiger partial charge in [-0.25, -0.2) is 0 Å². The Balaban J connectivity index is 1.61. The quantitative estimate of drug-likeness (QED) is 0.737. The molecule has 3 rings (SSSR count). The first kappa shape index (κ1) is 12.2. The fourth-order valence-corrected chi connectivity index (χ4v) is 8.17. The second-order valence-electron chi connectivity index (χ2n) is 3.98. The lowest BCUT2D eigenvalue weighted by atomic mass is 10.4. The minimum Gasteiger partial charge on any atom is -0.160 e. The predicted octanol–water partition coefficient (Wildman–Crippen LogP) is 4.44. The molecule has 1 aromatic heterocycles. The van der Waals surface area contributed by atoms with E-state index in [4.69, 9.17) is 0 Å². The molecule has 0 N–H and O–H groups in total. The van der Waals surface area contributed by atoms with Crippen molar-refractivity contribution in [2.75, 3.05) is 23.0 Å². The number of rotatable bonds is 5. The van der Waals surface area contributed by atoms with Crippen molar-refractivity contribution in [3.05, 3.63) is 22.4 Å². The van der Waals surface area contributed by atoms with E-state index in [2.05, 4.69) is 63.9 Å². The van der Waals surface area contributed by atoms with Crippen molar-refractivity contribution in [2.24, 2.45) is 0 Å². The molecule has 0 spiro atoms. The minimum atomic E-state index is 0.697. The zero-order chi connectivity index (χ0) is 10.8. The van der Waals surface area contributed by atoms with Crippen LogP contribution in [-0.4, -0.2) is 33.5 Å². The summed E-state index contributed by atoms with van der Waals surface area (Å²) >= 11 is 10.4. The lowest BCUT2D eigenvalue weighted by molar-refractivity contribution is 1.06. The molecule has 5 heteroatoms. The average molecular weight is 307 g/mol. The Hall–Kier alpha value is 1.10. The van der Waals surface area contributed by atoms with Crippen LogP contribution < -0.4 is 0 Å². The molecule has 16 heavy (non-hydrogen) atoms. The van der Waals surface area contributed by atoms with E-state index in [1.165, 1.54) is 23.0 Å². The SMILES string of the molecule is c1cc(C(SC2CSC2)SC2CSC2)cs1. The van der Waals surface area contributed by atoms with Crippen LogP contribution in [0.4, 0.5) is 0 Å². The first-order valence-corrected chi connectivity index (χ1v) is 10.5. The third-order valence-corrected chi connectivity index (χ3v) is 9.90. The molecule has 0 saturated carbocycles. The Bertz CT molecular complexity index is 299. The van der Waals surface area contributed by atoms with E-state index < -0.39 is 0 Å². The number of thiophene rings is 1. The fraction of sp³-hybridized carbons (Fsp3) is 0.636. The van der Waals surface area contributed by atoms with Gasteiger partial charge in [0.1, 0.15) is 0 Å². The van der Waals surface area contributed by atoms with Crippen LogP contribution >= 0.6 is 58.4 Å². The van der Waals surface area contributed by atoms with Crippen molar-refractivity contribution < 1.29 is 0 Å². The van der Waals surface area contributed by atoms with Gasteiger partial charge < -0.3 is 0 Å². The fourth-order valence-electron chi connectivity index (χ4n) is 1.53. The van der Waals surface area contributed by atoms with Crippen molar-refractivity contribution in [1.29, 1.82) is 0 Å². The van der Waals surface area contributed by atoms with E-state index in [-0.39, 0.29) is 0 Å². The third-order valence-electron chi connectivity index (χ3n) is 2.66. The number of thioether (sulfide) groups is 4. The molecular weight excluding hydrogens is 292 g/mol. The molecule has 0 atom stereocenters. The monoisotopic (exact) mass is 306 g/mol. The largest absolute Gasteiger partial charge is 0.160 e. The first-order chi connectivity index (χ1) is 7.92.